The van der Waals surface area contributed by atoms with E-state index < -0.39 is 0 Å². The van der Waals surface area contributed by atoms with E-state index in [2.05, 4.69) is 15.6 Å². The second-order valence-corrected chi connectivity index (χ2v) is 8.30. The Morgan fingerprint density at radius 1 is 1.11 bits per heavy atom. The van der Waals surface area contributed by atoms with E-state index in [0.717, 1.165) is 11.8 Å². The molecule has 2 aromatic rings. The number of amides is 1. The monoisotopic (exact) mass is 364 g/mol. The molecule has 1 aromatic carbocycles. The average molecular weight is 364 g/mol. The van der Waals surface area contributed by atoms with Crippen LogP contribution in [-0.2, 0) is 6.54 Å². The Morgan fingerprint density at radius 2 is 1.74 bits per heavy atom. The molecule has 27 heavy (non-hydrogen) atoms. The summed E-state index contributed by atoms with van der Waals surface area (Å²) >= 11 is 0. The van der Waals surface area contributed by atoms with Crippen LogP contribution in [-0.4, -0.2) is 21.4 Å². The molecule has 0 atom stereocenters. The summed E-state index contributed by atoms with van der Waals surface area (Å²) in [6, 6.07) is 7.14. The van der Waals surface area contributed by atoms with Gasteiger partial charge in [0.1, 0.15) is 0 Å². The molecule has 6 nitrogen and oxygen atoms in total. The van der Waals surface area contributed by atoms with Gasteiger partial charge in [-0.1, -0.05) is 18.2 Å². The van der Waals surface area contributed by atoms with Gasteiger partial charge in [-0.2, -0.15) is 10.2 Å². The van der Waals surface area contributed by atoms with E-state index in [0.29, 0.717) is 29.2 Å². The van der Waals surface area contributed by atoms with Gasteiger partial charge in [-0.15, -0.1) is 0 Å². The van der Waals surface area contributed by atoms with Gasteiger partial charge in [-0.05, 0) is 68.8 Å². The highest BCUT2D eigenvalue weighted by Crippen LogP contribution is 2.52. The number of rotatable bonds is 3. The highest BCUT2D eigenvalue weighted by atomic mass is 16.2. The third-order valence-electron chi connectivity index (χ3n) is 6.64. The number of hydrogen-bond acceptors (Lipinski definition) is 4. The van der Waals surface area contributed by atoms with E-state index in [1.54, 1.807) is 18.2 Å². The van der Waals surface area contributed by atoms with Gasteiger partial charge >= 0.3 is 0 Å². The Labute approximate surface area is 157 Å². The van der Waals surface area contributed by atoms with Crippen LogP contribution in [0.5, 0.6) is 0 Å². The maximum absolute atomic E-state index is 12.9. The van der Waals surface area contributed by atoms with Crippen molar-refractivity contribution in [2.24, 2.45) is 28.8 Å². The number of fused-ring (bicyclic) bond motifs is 1. The molecule has 140 valence electrons. The molecule has 1 N–H and O–H groups in total. The molecule has 6 heteroatoms. The summed E-state index contributed by atoms with van der Waals surface area (Å²) in [7, 11) is 0. The number of carbonyl (C=O) groups is 1. The molecule has 0 saturated heterocycles. The van der Waals surface area contributed by atoms with E-state index in [4.69, 9.17) is 0 Å². The van der Waals surface area contributed by atoms with Crippen LogP contribution >= 0.6 is 0 Å². The van der Waals surface area contributed by atoms with Crippen molar-refractivity contribution in [2.75, 3.05) is 0 Å². The minimum absolute atomic E-state index is 0.169. The van der Waals surface area contributed by atoms with Crippen LogP contribution < -0.4 is 11.0 Å². The normalized spacial score (nSPS) is 28.6. The lowest BCUT2D eigenvalue weighted by molar-refractivity contribution is 0.0937. The summed E-state index contributed by atoms with van der Waals surface area (Å²) in [5.74, 6) is 2.46. The minimum atomic E-state index is -0.338. The van der Waals surface area contributed by atoms with Crippen molar-refractivity contribution in [3.05, 3.63) is 40.3 Å². The van der Waals surface area contributed by atoms with Crippen molar-refractivity contribution in [3.63, 3.8) is 0 Å². The fourth-order valence-corrected chi connectivity index (χ4v) is 5.64. The molecule has 0 unspecified atom stereocenters. The van der Waals surface area contributed by atoms with E-state index in [-0.39, 0.29) is 17.2 Å². The lowest BCUT2D eigenvalue weighted by atomic mass is 9.55. The Balaban J connectivity index is 1.47. The first-order valence-electron chi connectivity index (χ1n) is 10.0. The molecule has 4 bridgehead atoms. The Kier molecular flexibility index (Phi) is 3.88. The van der Waals surface area contributed by atoms with Crippen LogP contribution in [0.1, 0.15) is 49.5 Å². The molecule has 0 radical (unpaired) electrons. The van der Waals surface area contributed by atoms with E-state index in [1.165, 1.54) is 42.5 Å². The van der Waals surface area contributed by atoms with Crippen molar-refractivity contribution in [2.45, 2.75) is 45.6 Å². The van der Waals surface area contributed by atoms with E-state index in [1.807, 2.05) is 13.0 Å². The number of aromatic nitrogens is 2. The Hall–Kier alpha value is -2.50. The Bertz CT molecular complexity index is 977. The van der Waals surface area contributed by atoms with Crippen molar-refractivity contribution < 1.29 is 4.79 Å². The second kappa shape index (κ2) is 6.29. The smallest absolute Gasteiger partial charge is 0.267 e. The molecule has 0 aliphatic heterocycles. The number of carbonyl (C=O) groups excluding carboxylic acids is 1. The van der Waals surface area contributed by atoms with Crippen molar-refractivity contribution in [1.82, 2.24) is 15.2 Å². The van der Waals surface area contributed by atoms with Crippen LogP contribution in [0.25, 0.3) is 10.8 Å². The minimum Gasteiger partial charge on any atom is -0.267 e. The largest absolute Gasteiger partial charge is 0.292 e. The van der Waals surface area contributed by atoms with Gasteiger partial charge in [0, 0.05) is 17.6 Å². The zero-order chi connectivity index (χ0) is 18.5. The first-order chi connectivity index (χ1) is 13.1. The van der Waals surface area contributed by atoms with E-state index >= 15 is 0 Å². The van der Waals surface area contributed by atoms with Crippen LogP contribution in [0.15, 0.2) is 34.2 Å². The average Bonchev–Trinajstić information content (AvgIpc) is 2.67. The van der Waals surface area contributed by atoms with Crippen LogP contribution in [0, 0.1) is 23.7 Å². The maximum atomic E-state index is 12.9. The lowest BCUT2D eigenvalue weighted by Gasteiger charge is -2.50. The molecule has 1 aromatic heterocycles. The molecule has 1 heterocycles. The maximum Gasteiger partial charge on any atom is 0.292 e. The number of hydrogen-bond donors (Lipinski definition) is 1. The number of nitrogens with one attached hydrogen (secondary N) is 1. The quantitative estimate of drug-likeness (QED) is 0.851. The number of hydrazone groups is 1. The highest BCUT2D eigenvalue weighted by Gasteiger charge is 2.46. The third kappa shape index (κ3) is 2.69. The number of nitrogens with zero attached hydrogens (tertiary/aromatic N) is 3. The summed E-state index contributed by atoms with van der Waals surface area (Å²) in [4.78, 5) is 25.3. The van der Waals surface area contributed by atoms with Gasteiger partial charge in [0.25, 0.3) is 11.5 Å². The van der Waals surface area contributed by atoms with Gasteiger partial charge in [-0.25, -0.2) is 10.1 Å². The Morgan fingerprint density at radius 3 is 2.37 bits per heavy atom. The highest BCUT2D eigenvalue weighted by molar-refractivity contribution is 6.05. The fourth-order valence-electron chi connectivity index (χ4n) is 5.64. The predicted octanol–water partition coefficient (Wildman–Crippen LogP) is 2.96. The summed E-state index contributed by atoms with van der Waals surface area (Å²) in [5, 5.41) is 9.96. The summed E-state index contributed by atoms with van der Waals surface area (Å²) in [5.41, 5.74) is 4.04. The second-order valence-electron chi connectivity index (χ2n) is 8.30. The first kappa shape index (κ1) is 16.7. The van der Waals surface area contributed by atoms with Gasteiger partial charge in [0.05, 0.1) is 5.39 Å². The van der Waals surface area contributed by atoms with Crippen molar-refractivity contribution in [1.29, 1.82) is 0 Å². The zero-order valence-corrected chi connectivity index (χ0v) is 15.5. The van der Waals surface area contributed by atoms with Gasteiger partial charge in [0.15, 0.2) is 5.69 Å². The SMILES string of the molecule is CCn1nc(C(=O)NN=C2C3CC4CC(C3)CC2C4)c2ccccc2c1=O. The van der Waals surface area contributed by atoms with Crippen LogP contribution in [0.4, 0.5) is 0 Å². The molecule has 4 saturated carbocycles. The molecule has 0 spiro atoms. The molecule has 4 aliphatic rings. The topological polar surface area (TPSA) is 76.3 Å². The van der Waals surface area contributed by atoms with Gasteiger partial charge in [0.2, 0.25) is 0 Å². The summed E-state index contributed by atoms with van der Waals surface area (Å²) in [6.45, 7) is 2.27. The number of benzene rings is 1. The molecule has 1 amide bonds. The first-order valence-corrected chi connectivity index (χ1v) is 10.0. The van der Waals surface area contributed by atoms with Crippen molar-refractivity contribution in [3.8, 4) is 0 Å². The van der Waals surface area contributed by atoms with Gasteiger partial charge in [-0.3, -0.25) is 9.59 Å². The zero-order valence-electron chi connectivity index (χ0n) is 15.5. The van der Waals surface area contributed by atoms with Gasteiger partial charge < -0.3 is 0 Å². The molecule has 6 rings (SSSR count). The lowest BCUT2D eigenvalue weighted by Crippen LogP contribution is -2.46. The third-order valence-corrected chi connectivity index (χ3v) is 6.64. The summed E-state index contributed by atoms with van der Waals surface area (Å²) < 4.78 is 1.34. The molecular weight excluding hydrogens is 340 g/mol. The molecular formula is C21H24N4O2. The predicted molar refractivity (Wildman–Crippen MR) is 104 cm³/mol. The molecule has 4 aliphatic carbocycles. The number of aryl methyl sites for hydroxylation is 1. The van der Waals surface area contributed by atoms with Crippen molar-refractivity contribution >= 4 is 22.4 Å². The standard InChI is InChI=1S/C21H24N4O2/c1-2-25-21(27)17-6-4-3-5-16(17)19(24-25)20(26)23-22-18-14-8-12-7-13(10-14)11-15(18)9-12/h3-6,12-15H,2,7-11H2,1H3,(H,23,26). The van der Waals surface area contributed by atoms with Crippen LogP contribution in [0.2, 0.25) is 0 Å². The molecule has 4 fully saturated rings. The summed E-state index contributed by atoms with van der Waals surface area (Å²) in [6.07, 6.45) is 6.29. The fraction of sp³-hybridized carbons (Fsp3) is 0.524. The van der Waals surface area contributed by atoms with E-state index in [9.17, 15) is 9.59 Å². The van der Waals surface area contributed by atoms with Crippen LogP contribution in [0.3, 0.4) is 0 Å².